The van der Waals surface area contributed by atoms with E-state index >= 15 is 0 Å². The first-order chi connectivity index (χ1) is 6.22. The number of carbonyl (C=O) groups excluding carboxylic acids is 1. The Balaban J connectivity index is 3.51. The van der Waals surface area contributed by atoms with Crippen molar-refractivity contribution in [1.29, 1.82) is 0 Å². The van der Waals surface area contributed by atoms with Crippen LogP contribution in [0.1, 0.15) is 26.7 Å². The number of hydrogen-bond donors (Lipinski definition) is 2. The molecular weight excluding hydrogens is 184 g/mol. The van der Waals surface area contributed by atoms with Gasteiger partial charge in [0.25, 0.3) is 0 Å². The van der Waals surface area contributed by atoms with Crippen LogP contribution in [-0.2, 0) is 4.79 Å². The second kappa shape index (κ2) is 8.38. The Hall–Kier alpha value is -0.220. The number of carbonyl (C=O) groups is 1. The summed E-state index contributed by atoms with van der Waals surface area (Å²) in [5.41, 5.74) is 5.23. The van der Waals surface area contributed by atoms with Crippen LogP contribution in [0.4, 0.5) is 0 Å². The SMILES string of the molecule is CCCSCCC(NCC)C(N)=O. The number of likely N-dealkylation sites (N-methyl/N-ethyl adjacent to an activating group) is 1. The van der Waals surface area contributed by atoms with Gasteiger partial charge < -0.3 is 11.1 Å². The third-order valence-electron chi connectivity index (χ3n) is 1.69. The second-order valence-corrected chi connectivity index (χ2v) is 4.14. The van der Waals surface area contributed by atoms with Gasteiger partial charge in [-0.3, -0.25) is 4.79 Å². The van der Waals surface area contributed by atoms with Crippen molar-refractivity contribution in [3.63, 3.8) is 0 Å². The minimum atomic E-state index is -0.237. The summed E-state index contributed by atoms with van der Waals surface area (Å²) in [5, 5.41) is 3.07. The number of amides is 1. The number of thioether (sulfide) groups is 1. The van der Waals surface area contributed by atoms with E-state index in [1.165, 1.54) is 6.42 Å². The van der Waals surface area contributed by atoms with Gasteiger partial charge in [0.1, 0.15) is 0 Å². The summed E-state index contributed by atoms with van der Waals surface area (Å²) in [4.78, 5) is 10.9. The van der Waals surface area contributed by atoms with Crippen molar-refractivity contribution in [3.05, 3.63) is 0 Å². The van der Waals surface area contributed by atoms with E-state index in [1.807, 2.05) is 18.7 Å². The van der Waals surface area contributed by atoms with Gasteiger partial charge in [-0.2, -0.15) is 11.8 Å². The van der Waals surface area contributed by atoms with Crippen LogP contribution >= 0.6 is 11.8 Å². The molecule has 0 aliphatic heterocycles. The van der Waals surface area contributed by atoms with Crippen LogP contribution in [0.3, 0.4) is 0 Å². The van der Waals surface area contributed by atoms with Crippen molar-refractivity contribution in [2.45, 2.75) is 32.7 Å². The average molecular weight is 204 g/mol. The number of nitrogens with two attached hydrogens (primary N) is 1. The largest absolute Gasteiger partial charge is 0.368 e. The fourth-order valence-corrected chi connectivity index (χ4v) is 1.93. The van der Waals surface area contributed by atoms with Crippen LogP contribution in [0.25, 0.3) is 0 Å². The first kappa shape index (κ1) is 12.8. The predicted octanol–water partition coefficient (Wildman–Crippen LogP) is 0.983. The Labute approximate surface area is 84.8 Å². The van der Waals surface area contributed by atoms with Gasteiger partial charge in [-0.1, -0.05) is 13.8 Å². The summed E-state index contributed by atoms with van der Waals surface area (Å²) in [6, 6.07) is -0.144. The van der Waals surface area contributed by atoms with Gasteiger partial charge in [-0.15, -0.1) is 0 Å². The molecule has 1 amide bonds. The van der Waals surface area contributed by atoms with Crippen LogP contribution in [0, 0.1) is 0 Å². The maximum absolute atomic E-state index is 10.9. The zero-order valence-corrected chi connectivity index (χ0v) is 9.32. The topological polar surface area (TPSA) is 55.1 Å². The number of rotatable bonds is 8. The fraction of sp³-hybridized carbons (Fsp3) is 0.889. The van der Waals surface area contributed by atoms with E-state index in [1.54, 1.807) is 0 Å². The van der Waals surface area contributed by atoms with Crippen LogP contribution in [-0.4, -0.2) is 30.0 Å². The molecule has 3 N–H and O–H groups in total. The van der Waals surface area contributed by atoms with Crippen molar-refractivity contribution in [3.8, 4) is 0 Å². The standard InChI is InChI=1S/C9H20N2OS/c1-3-6-13-7-5-8(9(10)12)11-4-2/h8,11H,3-7H2,1-2H3,(H2,10,12). The molecular formula is C9H20N2OS. The summed E-state index contributed by atoms with van der Waals surface area (Å²) < 4.78 is 0. The molecule has 13 heavy (non-hydrogen) atoms. The highest BCUT2D eigenvalue weighted by Gasteiger charge is 2.12. The van der Waals surface area contributed by atoms with Crippen molar-refractivity contribution >= 4 is 17.7 Å². The van der Waals surface area contributed by atoms with E-state index in [0.717, 1.165) is 24.5 Å². The molecule has 0 saturated carbocycles. The van der Waals surface area contributed by atoms with E-state index in [4.69, 9.17) is 5.73 Å². The van der Waals surface area contributed by atoms with Crippen LogP contribution < -0.4 is 11.1 Å². The molecule has 78 valence electrons. The molecule has 0 rings (SSSR count). The summed E-state index contributed by atoms with van der Waals surface area (Å²) in [7, 11) is 0. The summed E-state index contributed by atoms with van der Waals surface area (Å²) >= 11 is 1.88. The highest BCUT2D eigenvalue weighted by molar-refractivity contribution is 7.99. The Morgan fingerprint density at radius 1 is 1.46 bits per heavy atom. The third-order valence-corrected chi connectivity index (χ3v) is 2.91. The van der Waals surface area contributed by atoms with Crippen molar-refractivity contribution in [1.82, 2.24) is 5.32 Å². The molecule has 0 aromatic rings. The molecule has 0 saturated heterocycles. The molecule has 0 radical (unpaired) electrons. The normalized spacial score (nSPS) is 12.8. The molecule has 0 aromatic carbocycles. The summed E-state index contributed by atoms with van der Waals surface area (Å²) in [5.74, 6) is 1.94. The van der Waals surface area contributed by atoms with Gasteiger partial charge >= 0.3 is 0 Å². The average Bonchev–Trinajstić information content (AvgIpc) is 2.10. The molecule has 1 atom stereocenters. The Morgan fingerprint density at radius 2 is 2.15 bits per heavy atom. The zero-order chi connectivity index (χ0) is 10.1. The number of primary amides is 1. The monoisotopic (exact) mass is 204 g/mol. The second-order valence-electron chi connectivity index (χ2n) is 2.91. The molecule has 0 spiro atoms. The lowest BCUT2D eigenvalue weighted by Gasteiger charge is -2.13. The van der Waals surface area contributed by atoms with Gasteiger partial charge in [-0.25, -0.2) is 0 Å². The van der Waals surface area contributed by atoms with E-state index in [-0.39, 0.29) is 11.9 Å². The lowest BCUT2D eigenvalue weighted by atomic mass is 10.2. The quantitative estimate of drug-likeness (QED) is 0.580. The van der Waals surface area contributed by atoms with Gasteiger partial charge in [0.05, 0.1) is 6.04 Å². The minimum Gasteiger partial charge on any atom is -0.368 e. The summed E-state index contributed by atoms with van der Waals surface area (Å²) in [6.45, 7) is 4.93. The third kappa shape index (κ3) is 6.90. The smallest absolute Gasteiger partial charge is 0.234 e. The maximum Gasteiger partial charge on any atom is 0.234 e. The number of nitrogens with one attached hydrogen (secondary N) is 1. The Morgan fingerprint density at radius 3 is 2.62 bits per heavy atom. The van der Waals surface area contributed by atoms with E-state index in [2.05, 4.69) is 12.2 Å². The molecule has 0 aliphatic rings. The van der Waals surface area contributed by atoms with Crippen LogP contribution in [0.15, 0.2) is 0 Å². The van der Waals surface area contributed by atoms with Gasteiger partial charge in [0, 0.05) is 0 Å². The molecule has 0 bridgehead atoms. The van der Waals surface area contributed by atoms with E-state index < -0.39 is 0 Å². The fourth-order valence-electron chi connectivity index (χ4n) is 1.04. The van der Waals surface area contributed by atoms with E-state index in [9.17, 15) is 4.79 Å². The lowest BCUT2D eigenvalue weighted by molar-refractivity contribution is -0.120. The zero-order valence-electron chi connectivity index (χ0n) is 8.51. The van der Waals surface area contributed by atoms with Gasteiger partial charge in [0.15, 0.2) is 0 Å². The van der Waals surface area contributed by atoms with Crippen LogP contribution in [0.2, 0.25) is 0 Å². The summed E-state index contributed by atoms with van der Waals surface area (Å²) in [6.07, 6.45) is 2.03. The van der Waals surface area contributed by atoms with Gasteiger partial charge in [-0.05, 0) is 30.9 Å². The molecule has 0 fully saturated rings. The highest BCUT2D eigenvalue weighted by atomic mass is 32.2. The van der Waals surface area contributed by atoms with E-state index in [0.29, 0.717) is 0 Å². The molecule has 3 nitrogen and oxygen atoms in total. The minimum absolute atomic E-state index is 0.144. The van der Waals surface area contributed by atoms with Gasteiger partial charge in [0.2, 0.25) is 5.91 Å². The van der Waals surface area contributed by atoms with Crippen molar-refractivity contribution in [2.75, 3.05) is 18.1 Å². The van der Waals surface area contributed by atoms with Crippen molar-refractivity contribution in [2.24, 2.45) is 5.73 Å². The first-order valence-corrected chi connectivity index (χ1v) is 5.98. The molecule has 0 aromatic heterocycles. The first-order valence-electron chi connectivity index (χ1n) is 4.82. The molecule has 0 aliphatic carbocycles. The Kier molecular flexibility index (Phi) is 8.24. The predicted molar refractivity (Wildman–Crippen MR) is 58.9 cm³/mol. The maximum atomic E-state index is 10.9. The Bertz CT molecular complexity index is 142. The lowest BCUT2D eigenvalue weighted by Crippen LogP contribution is -2.41. The van der Waals surface area contributed by atoms with Crippen LogP contribution in [0.5, 0.6) is 0 Å². The molecule has 1 unspecified atom stereocenters. The van der Waals surface area contributed by atoms with Crippen molar-refractivity contribution < 1.29 is 4.79 Å². The molecule has 4 heteroatoms. The molecule has 0 heterocycles. The number of hydrogen-bond acceptors (Lipinski definition) is 3. The highest BCUT2D eigenvalue weighted by Crippen LogP contribution is 2.06.